The molecule has 0 aliphatic carbocycles. The van der Waals surface area contributed by atoms with Crippen LogP contribution in [0.1, 0.15) is 58.5 Å². The summed E-state index contributed by atoms with van der Waals surface area (Å²) in [6.45, 7) is 5.23. The number of esters is 2. The van der Waals surface area contributed by atoms with Gasteiger partial charge < -0.3 is 18.6 Å². The van der Waals surface area contributed by atoms with Gasteiger partial charge in [-0.05, 0) is 56.7 Å². The molecule has 4 aromatic rings. The topological polar surface area (TPSA) is 140 Å². The lowest BCUT2D eigenvalue weighted by Gasteiger charge is -2.20. The van der Waals surface area contributed by atoms with Crippen molar-refractivity contribution in [1.82, 2.24) is 9.13 Å². The summed E-state index contributed by atoms with van der Waals surface area (Å²) < 4.78 is 13.6. The average molecular weight is 560 g/mol. The van der Waals surface area contributed by atoms with Gasteiger partial charge in [0.2, 0.25) is 10.9 Å². The molecule has 0 radical (unpaired) electrons. The number of carbonyl (C=O) groups is 2. The van der Waals surface area contributed by atoms with Crippen molar-refractivity contribution < 1.29 is 24.0 Å². The number of carbonyl (C=O) groups excluding carboxylic acids is 2. The molecule has 41 heavy (non-hydrogen) atoms. The zero-order chi connectivity index (χ0) is 29.3. The van der Waals surface area contributed by atoms with Crippen LogP contribution < -0.4 is 10.9 Å². The lowest BCUT2D eigenvalue weighted by atomic mass is 9.98. The molecular weight excluding hydrogens is 530 g/mol. The van der Waals surface area contributed by atoms with Gasteiger partial charge in [0.1, 0.15) is 16.5 Å². The first-order valence-electron chi connectivity index (χ1n) is 13.6. The van der Waals surface area contributed by atoms with E-state index in [1.165, 1.54) is 17.8 Å². The summed E-state index contributed by atoms with van der Waals surface area (Å²) in [5.74, 6) is -1.28. The van der Waals surface area contributed by atoms with Gasteiger partial charge in [0.15, 0.2) is 0 Å². The molecule has 2 aromatic heterocycles. The maximum atomic E-state index is 12.6. The second kappa shape index (κ2) is 11.4. The van der Waals surface area contributed by atoms with Crippen molar-refractivity contribution in [1.29, 1.82) is 0 Å². The highest BCUT2D eigenvalue weighted by Crippen LogP contribution is 2.30. The Balaban J connectivity index is 0.000000166. The zero-order valence-corrected chi connectivity index (χ0v) is 22.8. The van der Waals surface area contributed by atoms with E-state index in [4.69, 9.17) is 9.47 Å². The van der Waals surface area contributed by atoms with Crippen molar-refractivity contribution in [2.24, 2.45) is 0 Å². The Kier molecular flexibility index (Phi) is 7.69. The SMILES string of the molecule is CCOC(=O)c1cn2c3c(ccc([N+](=O)[O-])c3c1=O)CCC2.CCOC(=O)c1cn2c3c(cccc3c1=O)CCC2. The number of aryl methyl sites for hydroxylation is 4. The highest BCUT2D eigenvalue weighted by atomic mass is 16.6. The molecule has 6 rings (SSSR count). The molecule has 4 heterocycles. The summed E-state index contributed by atoms with van der Waals surface area (Å²) in [7, 11) is 0. The Morgan fingerprint density at radius 2 is 1.39 bits per heavy atom. The van der Waals surface area contributed by atoms with Crippen molar-refractivity contribution in [3.8, 4) is 0 Å². The highest BCUT2D eigenvalue weighted by molar-refractivity contribution is 5.98. The normalized spacial score (nSPS) is 13.3. The van der Waals surface area contributed by atoms with Crippen LogP contribution in [0.2, 0.25) is 0 Å². The van der Waals surface area contributed by atoms with Crippen LogP contribution in [-0.2, 0) is 35.4 Å². The second-order valence-corrected chi connectivity index (χ2v) is 9.82. The van der Waals surface area contributed by atoms with Crippen molar-refractivity contribution in [2.45, 2.75) is 52.6 Å². The number of ether oxygens (including phenoxy) is 2. The van der Waals surface area contributed by atoms with E-state index < -0.39 is 22.3 Å². The van der Waals surface area contributed by atoms with Gasteiger partial charge in [0, 0.05) is 36.9 Å². The lowest BCUT2D eigenvalue weighted by Crippen LogP contribution is -2.24. The molecule has 2 aliphatic heterocycles. The molecule has 0 unspecified atom stereocenters. The maximum Gasteiger partial charge on any atom is 0.343 e. The molecule has 0 saturated heterocycles. The van der Waals surface area contributed by atoms with E-state index in [2.05, 4.69) is 0 Å². The van der Waals surface area contributed by atoms with Crippen molar-refractivity contribution in [3.05, 3.63) is 95.5 Å². The number of hydrogen-bond donors (Lipinski definition) is 0. The van der Waals surface area contributed by atoms with E-state index in [1.807, 2.05) is 16.7 Å². The van der Waals surface area contributed by atoms with Crippen LogP contribution >= 0.6 is 0 Å². The largest absolute Gasteiger partial charge is 0.462 e. The molecule has 0 spiro atoms. The highest BCUT2D eigenvalue weighted by Gasteiger charge is 2.26. The fourth-order valence-electron chi connectivity index (χ4n) is 5.62. The van der Waals surface area contributed by atoms with Crippen molar-refractivity contribution in [2.75, 3.05) is 13.2 Å². The fraction of sp³-hybridized carbons (Fsp3) is 0.333. The first-order chi connectivity index (χ1) is 19.8. The van der Waals surface area contributed by atoms with Gasteiger partial charge in [-0.2, -0.15) is 0 Å². The minimum absolute atomic E-state index is 0.00671. The van der Waals surface area contributed by atoms with Gasteiger partial charge in [-0.15, -0.1) is 0 Å². The van der Waals surface area contributed by atoms with Crippen molar-refractivity contribution in [3.63, 3.8) is 0 Å². The number of rotatable bonds is 5. The van der Waals surface area contributed by atoms with E-state index in [0.717, 1.165) is 43.3 Å². The third-order valence-corrected chi connectivity index (χ3v) is 7.34. The zero-order valence-electron chi connectivity index (χ0n) is 22.8. The van der Waals surface area contributed by atoms with Crippen LogP contribution in [0.5, 0.6) is 0 Å². The number of nitro groups is 1. The first-order valence-corrected chi connectivity index (χ1v) is 13.6. The molecule has 0 saturated carbocycles. The Hall–Kier alpha value is -4.80. The fourth-order valence-corrected chi connectivity index (χ4v) is 5.62. The molecule has 0 N–H and O–H groups in total. The van der Waals surface area contributed by atoms with Crippen LogP contribution in [0.15, 0.2) is 52.3 Å². The Bertz CT molecular complexity index is 1840. The molecular formula is C30H29N3O8. The Morgan fingerprint density at radius 1 is 0.829 bits per heavy atom. The van der Waals surface area contributed by atoms with Gasteiger partial charge >= 0.3 is 11.9 Å². The minimum atomic E-state index is -0.747. The number of nitrogens with zero attached hydrogens (tertiary/aromatic N) is 3. The molecule has 11 nitrogen and oxygen atoms in total. The monoisotopic (exact) mass is 559 g/mol. The van der Waals surface area contributed by atoms with Crippen LogP contribution in [-0.4, -0.2) is 39.2 Å². The van der Waals surface area contributed by atoms with E-state index in [0.29, 0.717) is 17.4 Å². The second-order valence-electron chi connectivity index (χ2n) is 9.82. The molecule has 0 bridgehead atoms. The summed E-state index contributed by atoms with van der Waals surface area (Å²) in [6, 6.07) is 8.72. The molecule has 2 aromatic carbocycles. The summed E-state index contributed by atoms with van der Waals surface area (Å²) in [5.41, 5.74) is 2.42. The third-order valence-electron chi connectivity index (χ3n) is 7.34. The Labute approximate surface area is 234 Å². The van der Waals surface area contributed by atoms with E-state index in [-0.39, 0.29) is 40.8 Å². The number of benzene rings is 2. The smallest absolute Gasteiger partial charge is 0.343 e. The number of pyridine rings is 2. The molecule has 2 aliphatic rings. The predicted octanol–water partition coefficient (Wildman–Crippen LogP) is 4.16. The molecule has 0 atom stereocenters. The van der Waals surface area contributed by atoms with E-state index >= 15 is 0 Å². The summed E-state index contributed by atoms with van der Waals surface area (Å²) >= 11 is 0. The number of nitro benzene ring substituents is 1. The van der Waals surface area contributed by atoms with Gasteiger partial charge in [0.25, 0.3) is 5.69 Å². The number of aromatic nitrogens is 2. The Morgan fingerprint density at radius 3 is 1.98 bits per heavy atom. The van der Waals surface area contributed by atoms with E-state index in [9.17, 15) is 29.3 Å². The van der Waals surface area contributed by atoms with Gasteiger partial charge in [-0.25, -0.2) is 9.59 Å². The molecule has 212 valence electrons. The summed E-state index contributed by atoms with van der Waals surface area (Å²) in [6.07, 6.45) is 6.71. The lowest BCUT2D eigenvalue weighted by molar-refractivity contribution is -0.383. The molecule has 0 fully saturated rings. The van der Waals surface area contributed by atoms with Crippen LogP contribution in [0.4, 0.5) is 5.69 Å². The van der Waals surface area contributed by atoms with Gasteiger partial charge in [-0.3, -0.25) is 19.7 Å². The van der Waals surface area contributed by atoms with E-state index in [1.54, 1.807) is 36.7 Å². The first kappa shape index (κ1) is 27.8. The van der Waals surface area contributed by atoms with Gasteiger partial charge in [-0.1, -0.05) is 18.2 Å². The summed E-state index contributed by atoms with van der Waals surface area (Å²) in [5, 5.41) is 11.9. The maximum absolute atomic E-state index is 12.6. The number of para-hydroxylation sites is 1. The standard InChI is InChI=1S/C15H14N2O5.C15H15NO3/c1-2-22-15(19)10-8-16-7-3-4-9-5-6-11(17(20)21)12(13(9)16)14(10)18;1-2-19-15(18)12-9-16-8-4-6-10-5-3-7-11(13(10)16)14(12)17/h5-6,8H,2-4,7H2,1H3;3,5,7,9H,2,4,6,8H2,1H3. The van der Waals surface area contributed by atoms with Crippen LogP contribution in [0.3, 0.4) is 0 Å². The number of hydrogen-bond acceptors (Lipinski definition) is 8. The van der Waals surface area contributed by atoms with Crippen molar-refractivity contribution >= 4 is 39.4 Å². The van der Waals surface area contributed by atoms with Crippen LogP contribution in [0.25, 0.3) is 21.8 Å². The summed E-state index contributed by atoms with van der Waals surface area (Å²) in [4.78, 5) is 59.4. The van der Waals surface area contributed by atoms with Gasteiger partial charge in [0.05, 0.1) is 29.2 Å². The number of non-ortho nitro benzene ring substituents is 1. The third kappa shape index (κ3) is 4.99. The minimum Gasteiger partial charge on any atom is -0.462 e. The average Bonchev–Trinajstić information content (AvgIpc) is 2.97. The molecule has 0 amide bonds. The quantitative estimate of drug-likeness (QED) is 0.202. The van der Waals surface area contributed by atoms with Crippen LogP contribution in [0, 0.1) is 10.1 Å². The molecule has 11 heteroatoms. The predicted molar refractivity (Wildman–Crippen MR) is 152 cm³/mol.